The number of hydrogen-bond acceptors (Lipinski definition) is 4. The summed E-state index contributed by atoms with van der Waals surface area (Å²) in [7, 11) is 0. The molecule has 0 spiro atoms. The summed E-state index contributed by atoms with van der Waals surface area (Å²) in [4.78, 5) is 9.05. The van der Waals surface area contributed by atoms with E-state index in [-0.39, 0.29) is 0 Å². The van der Waals surface area contributed by atoms with Gasteiger partial charge in [-0.05, 0) is 18.6 Å². The van der Waals surface area contributed by atoms with Gasteiger partial charge in [0.2, 0.25) is 0 Å². The second kappa shape index (κ2) is 6.01. The average molecular weight is 269 g/mol. The number of aryl methyl sites for hydroxylation is 1. The van der Waals surface area contributed by atoms with Crippen LogP contribution in [-0.4, -0.2) is 23.1 Å². The van der Waals surface area contributed by atoms with Gasteiger partial charge in [-0.1, -0.05) is 18.2 Å². The van der Waals surface area contributed by atoms with Crippen molar-refractivity contribution in [1.29, 1.82) is 0 Å². The van der Waals surface area contributed by atoms with Gasteiger partial charge in [0.05, 0.1) is 6.61 Å². The van der Waals surface area contributed by atoms with Gasteiger partial charge in [-0.15, -0.1) is 0 Å². The predicted octanol–water partition coefficient (Wildman–Crippen LogP) is 2.05. The molecule has 0 unspecified atom stereocenters. The number of hydrogen-bond donors (Lipinski definition) is 1. The first-order chi connectivity index (χ1) is 9.83. The summed E-state index contributed by atoms with van der Waals surface area (Å²) in [6.45, 7) is 4.55. The van der Waals surface area contributed by atoms with Crippen molar-refractivity contribution in [2.24, 2.45) is 0 Å². The molecule has 1 N–H and O–H groups in total. The lowest BCUT2D eigenvalue weighted by Crippen LogP contribution is -2.25. The second-order valence-electron chi connectivity index (χ2n) is 5.05. The van der Waals surface area contributed by atoms with E-state index in [2.05, 4.69) is 28.3 Å². The van der Waals surface area contributed by atoms with Crippen molar-refractivity contribution in [3.05, 3.63) is 53.1 Å². The Kier molecular flexibility index (Phi) is 3.92. The number of nitrogens with zero attached hydrogens (tertiary/aromatic N) is 2. The molecule has 0 amide bonds. The van der Waals surface area contributed by atoms with E-state index in [1.165, 1.54) is 11.3 Å². The molecule has 2 heterocycles. The van der Waals surface area contributed by atoms with Crippen molar-refractivity contribution in [3.63, 3.8) is 0 Å². The van der Waals surface area contributed by atoms with Gasteiger partial charge in [-0.2, -0.15) is 0 Å². The molecule has 4 heteroatoms. The Bertz CT molecular complexity index is 598. The summed E-state index contributed by atoms with van der Waals surface area (Å²) in [5.74, 6) is 1.81. The fourth-order valence-electron chi connectivity index (χ4n) is 2.37. The predicted molar refractivity (Wildman–Crippen MR) is 77.8 cm³/mol. The van der Waals surface area contributed by atoms with E-state index in [4.69, 9.17) is 4.74 Å². The van der Waals surface area contributed by atoms with Crippen molar-refractivity contribution < 1.29 is 4.74 Å². The zero-order chi connectivity index (χ0) is 13.8. The molecule has 20 heavy (non-hydrogen) atoms. The van der Waals surface area contributed by atoms with E-state index in [0.717, 1.165) is 43.1 Å². The van der Waals surface area contributed by atoms with Gasteiger partial charge in [-0.25, -0.2) is 9.97 Å². The SMILES string of the molecule is Cc1ccccc1OCCc1ncc2c(n1)CCNC2. The molecule has 0 saturated heterocycles. The Morgan fingerprint density at radius 2 is 2.20 bits per heavy atom. The average Bonchev–Trinajstić information content (AvgIpc) is 2.49. The third-order valence-electron chi connectivity index (χ3n) is 3.53. The smallest absolute Gasteiger partial charge is 0.131 e. The number of para-hydroxylation sites is 1. The molecule has 0 aliphatic carbocycles. The second-order valence-corrected chi connectivity index (χ2v) is 5.05. The lowest BCUT2D eigenvalue weighted by atomic mass is 10.1. The Balaban J connectivity index is 1.60. The maximum Gasteiger partial charge on any atom is 0.131 e. The number of fused-ring (bicyclic) bond motifs is 1. The molecule has 0 bridgehead atoms. The van der Waals surface area contributed by atoms with E-state index in [0.29, 0.717) is 6.61 Å². The fraction of sp³-hybridized carbons (Fsp3) is 0.375. The van der Waals surface area contributed by atoms with Gasteiger partial charge in [0.25, 0.3) is 0 Å². The molecule has 0 saturated carbocycles. The molecule has 0 fully saturated rings. The molecule has 2 aromatic rings. The van der Waals surface area contributed by atoms with Crippen LogP contribution in [0.15, 0.2) is 30.5 Å². The van der Waals surface area contributed by atoms with Gasteiger partial charge in [0.1, 0.15) is 11.6 Å². The van der Waals surface area contributed by atoms with E-state index in [1.807, 2.05) is 24.4 Å². The lowest BCUT2D eigenvalue weighted by Gasteiger charge is -2.16. The standard InChI is InChI=1S/C16H19N3O/c1-12-4-2-3-5-15(12)20-9-7-16-18-11-13-10-17-8-6-14(13)19-16/h2-5,11,17H,6-10H2,1H3. The van der Waals surface area contributed by atoms with Gasteiger partial charge >= 0.3 is 0 Å². The van der Waals surface area contributed by atoms with E-state index in [1.54, 1.807) is 0 Å². The van der Waals surface area contributed by atoms with Crippen LogP contribution < -0.4 is 10.1 Å². The molecular weight excluding hydrogens is 250 g/mol. The molecule has 4 nitrogen and oxygen atoms in total. The highest BCUT2D eigenvalue weighted by Crippen LogP contribution is 2.16. The molecule has 3 rings (SSSR count). The van der Waals surface area contributed by atoms with Gasteiger partial charge in [0, 0.05) is 43.4 Å². The maximum atomic E-state index is 5.79. The molecule has 1 aromatic heterocycles. The fourth-order valence-corrected chi connectivity index (χ4v) is 2.37. The van der Waals surface area contributed by atoms with Crippen LogP contribution in [0, 0.1) is 6.92 Å². The van der Waals surface area contributed by atoms with Crippen molar-refractivity contribution in [2.75, 3.05) is 13.2 Å². The normalized spacial score (nSPS) is 13.8. The van der Waals surface area contributed by atoms with Gasteiger partial charge < -0.3 is 10.1 Å². The molecular formula is C16H19N3O. The van der Waals surface area contributed by atoms with Crippen LogP contribution in [0.3, 0.4) is 0 Å². The summed E-state index contributed by atoms with van der Waals surface area (Å²) in [6.07, 6.45) is 3.68. The van der Waals surface area contributed by atoms with Crippen LogP contribution in [0.4, 0.5) is 0 Å². The molecule has 1 aromatic carbocycles. The monoisotopic (exact) mass is 269 g/mol. The Morgan fingerprint density at radius 1 is 1.30 bits per heavy atom. The first-order valence-corrected chi connectivity index (χ1v) is 7.06. The number of benzene rings is 1. The summed E-state index contributed by atoms with van der Waals surface area (Å²) in [5.41, 5.74) is 3.56. The first kappa shape index (κ1) is 13.1. The van der Waals surface area contributed by atoms with E-state index in [9.17, 15) is 0 Å². The van der Waals surface area contributed by atoms with Crippen LogP contribution >= 0.6 is 0 Å². The summed E-state index contributed by atoms with van der Waals surface area (Å²) >= 11 is 0. The first-order valence-electron chi connectivity index (χ1n) is 7.06. The van der Waals surface area contributed by atoms with Gasteiger partial charge in [0.15, 0.2) is 0 Å². The largest absolute Gasteiger partial charge is 0.493 e. The van der Waals surface area contributed by atoms with Crippen LogP contribution in [0.1, 0.15) is 22.6 Å². The minimum atomic E-state index is 0.613. The molecule has 0 radical (unpaired) electrons. The van der Waals surface area contributed by atoms with E-state index >= 15 is 0 Å². The van der Waals surface area contributed by atoms with Crippen molar-refractivity contribution >= 4 is 0 Å². The number of rotatable bonds is 4. The molecule has 1 aliphatic heterocycles. The molecule has 104 valence electrons. The Morgan fingerprint density at radius 3 is 3.10 bits per heavy atom. The Labute approximate surface area is 119 Å². The summed E-state index contributed by atoms with van der Waals surface area (Å²) in [6, 6.07) is 8.06. The molecule has 1 aliphatic rings. The number of nitrogens with one attached hydrogen (secondary N) is 1. The maximum absolute atomic E-state index is 5.79. The van der Waals surface area contributed by atoms with Crippen LogP contribution in [0.25, 0.3) is 0 Å². The van der Waals surface area contributed by atoms with Crippen LogP contribution in [-0.2, 0) is 19.4 Å². The topological polar surface area (TPSA) is 47.0 Å². The lowest BCUT2D eigenvalue weighted by molar-refractivity contribution is 0.316. The highest BCUT2D eigenvalue weighted by atomic mass is 16.5. The number of aromatic nitrogens is 2. The van der Waals surface area contributed by atoms with E-state index < -0.39 is 0 Å². The molecule has 0 atom stereocenters. The highest BCUT2D eigenvalue weighted by molar-refractivity contribution is 5.31. The summed E-state index contributed by atoms with van der Waals surface area (Å²) in [5, 5.41) is 3.33. The van der Waals surface area contributed by atoms with Crippen molar-refractivity contribution in [1.82, 2.24) is 15.3 Å². The van der Waals surface area contributed by atoms with Crippen LogP contribution in [0.5, 0.6) is 5.75 Å². The van der Waals surface area contributed by atoms with Crippen molar-refractivity contribution in [2.45, 2.75) is 26.3 Å². The third kappa shape index (κ3) is 2.96. The van der Waals surface area contributed by atoms with Gasteiger partial charge in [-0.3, -0.25) is 0 Å². The quantitative estimate of drug-likeness (QED) is 0.923. The highest BCUT2D eigenvalue weighted by Gasteiger charge is 2.11. The van der Waals surface area contributed by atoms with Crippen LogP contribution in [0.2, 0.25) is 0 Å². The van der Waals surface area contributed by atoms with Crippen molar-refractivity contribution in [3.8, 4) is 5.75 Å². The zero-order valence-corrected chi connectivity index (χ0v) is 11.7. The zero-order valence-electron chi connectivity index (χ0n) is 11.7. The third-order valence-corrected chi connectivity index (χ3v) is 3.53. The minimum Gasteiger partial charge on any atom is -0.493 e. The minimum absolute atomic E-state index is 0.613. The Hall–Kier alpha value is -1.94. The summed E-state index contributed by atoms with van der Waals surface area (Å²) < 4.78 is 5.79. The number of ether oxygens (including phenoxy) is 1.